The van der Waals surface area contributed by atoms with Gasteiger partial charge in [0, 0.05) is 7.11 Å². The molecule has 0 amide bonds. The molecule has 5 nitrogen and oxygen atoms in total. The molecule has 0 N–H and O–H groups in total. The zero-order chi connectivity index (χ0) is 11.9. The first kappa shape index (κ1) is 15.2. The van der Waals surface area contributed by atoms with Gasteiger partial charge in [0.25, 0.3) is 0 Å². The number of hydrogen-bond donors (Lipinski definition) is 0. The van der Waals surface area contributed by atoms with Crippen LogP contribution in [-0.4, -0.2) is 18.6 Å². The van der Waals surface area contributed by atoms with Gasteiger partial charge in [0.05, 0.1) is 0 Å². The van der Waals surface area contributed by atoms with Crippen molar-refractivity contribution >= 4 is 16.1 Å². The van der Waals surface area contributed by atoms with Crippen molar-refractivity contribution in [2.75, 3.05) is 13.0 Å². The Bertz CT molecular complexity index is 239. The average molecular weight is 257 g/mol. The maximum atomic E-state index is 11.7. The minimum absolute atomic E-state index is 0.146. The van der Waals surface area contributed by atoms with Gasteiger partial charge in [0.15, 0.2) is 0 Å². The van der Waals surface area contributed by atoms with Crippen molar-refractivity contribution in [1.29, 1.82) is 0 Å². The monoisotopic (exact) mass is 257 g/mol. The Balaban J connectivity index is 4.33. The van der Waals surface area contributed by atoms with Crippen LogP contribution in [0.3, 0.4) is 0 Å². The maximum absolute atomic E-state index is 11.7. The van der Waals surface area contributed by atoms with Crippen LogP contribution in [0, 0.1) is 0 Å². The summed E-state index contributed by atoms with van der Waals surface area (Å²) in [6.45, 7) is 5.74. The average Bonchev–Trinajstić information content (AvgIpc) is 2.26. The molecule has 0 aliphatic rings. The molecule has 0 saturated carbocycles. The first-order valence-corrected chi connectivity index (χ1v) is 7.67. The molecule has 0 aromatic rings. The zero-order valence-corrected chi connectivity index (χ0v) is 11.5. The second kappa shape index (κ2) is 6.72. The Morgan fingerprint density at radius 2 is 1.87 bits per heavy atom. The second-order valence-corrected chi connectivity index (χ2v) is 6.70. The lowest BCUT2D eigenvalue weighted by atomic mass is 10.0. The van der Waals surface area contributed by atoms with Crippen molar-refractivity contribution in [2.45, 2.75) is 39.2 Å². The van der Waals surface area contributed by atoms with Gasteiger partial charge in [0.2, 0.25) is 5.90 Å². The van der Waals surface area contributed by atoms with Crippen LogP contribution in [0.2, 0.25) is 0 Å². The van der Waals surface area contributed by atoms with Crippen LogP contribution in [-0.2, 0) is 23.2 Å². The molecular weight excluding hydrogens is 238 g/mol. The molecule has 0 saturated heterocycles. The molecule has 0 bridgehead atoms. The summed E-state index contributed by atoms with van der Waals surface area (Å²) in [5.74, 6) is -0.146. The van der Waals surface area contributed by atoms with Gasteiger partial charge in [0.1, 0.15) is 5.60 Å². The van der Waals surface area contributed by atoms with E-state index in [1.807, 2.05) is 20.8 Å². The summed E-state index contributed by atoms with van der Waals surface area (Å²) in [5.41, 5.74) is -0.486. The van der Waals surface area contributed by atoms with E-state index in [9.17, 15) is 9.13 Å². The van der Waals surface area contributed by atoms with E-state index in [-0.39, 0.29) is 5.90 Å². The molecule has 2 atom stereocenters. The van der Waals surface area contributed by atoms with Gasteiger partial charge in [-0.05, 0) is 19.8 Å². The van der Waals surface area contributed by atoms with Crippen molar-refractivity contribution in [3.8, 4) is 0 Å². The van der Waals surface area contributed by atoms with Crippen molar-refractivity contribution in [3.63, 3.8) is 0 Å². The lowest BCUT2D eigenvalue weighted by Gasteiger charge is -2.26. The molecule has 0 rings (SSSR count). The zero-order valence-electron chi connectivity index (χ0n) is 9.61. The van der Waals surface area contributed by atoms with Crippen LogP contribution in [0.4, 0.5) is 0 Å². The van der Waals surface area contributed by atoms with Crippen LogP contribution in [0.5, 0.6) is 0 Å². The Morgan fingerprint density at radius 1 is 1.33 bits per heavy atom. The molecule has 0 aliphatic carbocycles. The molecule has 15 heavy (non-hydrogen) atoms. The third kappa shape index (κ3) is 5.19. The van der Waals surface area contributed by atoms with E-state index in [0.717, 1.165) is 12.8 Å². The van der Waals surface area contributed by atoms with Gasteiger partial charge in [-0.2, -0.15) is 0 Å². The Morgan fingerprint density at radius 3 is 2.20 bits per heavy atom. The number of hydrogen-bond acceptors (Lipinski definition) is 5. The lowest BCUT2D eigenvalue weighted by molar-refractivity contribution is -0.293. The van der Waals surface area contributed by atoms with Crippen molar-refractivity contribution in [2.24, 2.45) is 0 Å². The minimum atomic E-state index is -3.35. The normalized spacial score (nSPS) is 16.5. The molecule has 0 aromatic heterocycles. The van der Waals surface area contributed by atoms with Gasteiger partial charge < -0.3 is 4.52 Å². The van der Waals surface area contributed by atoms with Crippen molar-refractivity contribution < 1.29 is 23.2 Å². The highest BCUT2D eigenvalue weighted by Gasteiger charge is 2.33. The standard InChI is InChI=1S/C8H18O5P2/c1-5-8(3,6-2)12-13-15(10,11-4)7-14-9/h5-7H2,1-4H3/p+1. The van der Waals surface area contributed by atoms with Gasteiger partial charge in [-0.25, -0.2) is 4.89 Å². The fourth-order valence-electron chi connectivity index (χ4n) is 0.715. The van der Waals surface area contributed by atoms with Gasteiger partial charge in [-0.3, -0.25) is 4.57 Å². The maximum Gasteiger partial charge on any atom is 0.404 e. The highest BCUT2D eigenvalue weighted by Crippen LogP contribution is 2.51. The molecule has 0 aromatic carbocycles. The van der Waals surface area contributed by atoms with Gasteiger partial charge in [-0.1, -0.05) is 18.4 Å². The molecular formula is C8H19O5P2+. The van der Waals surface area contributed by atoms with E-state index in [0.29, 0.717) is 0 Å². The molecule has 7 heteroatoms. The summed E-state index contributed by atoms with van der Waals surface area (Å²) < 4.78 is 31.6. The van der Waals surface area contributed by atoms with Gasteiger partial charge >= 0.3 is 16.1 Å². The van der Waals surface area contributed by atoms with Crippen molar-refractivity contribution in [1.82, 2.24) is 0 Å². The van der Waals surface area contributed by atoms with Crippen molar-refractivity contribution in [3.05, 3.63) is 0 Å². The highest BCUT2D eigenvalue weighted by atomic mass is 31.2. The Hall–Kier alpha value is 0.210. The quantitative estimate of drug-likeness (QED) is 0.379. The fraction of sp³-hybridized carbons (Fsp3) is 1.00. The third-order valence-electron chi connectivity index (χ3n) is 2.38. The third-order valence-corrected chi connectivity index (χ3v) is 5.31. The van der Waals surface area contributed by atoms with E-state index in [4.69, 9.17) is 9.56 Å². The molecule has 0 fully saturated rings. The predicted octanol–water partition coefficient (Wildman–Crippen LogP) is 3.33. The largest absolute Gasteiger partial charge is 0.404 e. The summed E-state index contributed by atoms with van der Waals surface area (Å²) in [5, 5.41) is 0. The SMILES string of the molecule is CCC(C)(CC)OOP(=O)(C[PH+]=O)OC. The molecule has 0 spiro atoms. The minimum Gasteiger partial charge on any atom is -0.307 e. The topological polar surface area (TPSA) is 61.8 Å². The summed E-state index contributed by atoms with van der Waals surface area (Å²) in [7, 11) is -2.83. The van der Waals surface area contributed by atoms with Crippen LogP contribution in [0.25, 0.3) is 0 Å². The molecule has 2 unspecified atom stereocenters. The van der Waals surface area contributed by atoms with Crippen LogP contribution in [0.15, 0.2) is 0 Å². The highest BCUT2D eigenvalue weighted by molar-refractivity contribution is 7.62. The predicted molar refractivity (Wildman–Crippen MR) is 59.6 cm³/mol. The summed E-state index contributed by atoms with van der Waals surface area (Å²) in [6.07, 6.45) is 1.46. The van der Waals surface area contributed by atoms with E-state index in [2.05, 4.69) is 4.52 Å². The Kier molecular flexibility index (Phi) is 6.81. The molecule has 0 radical (unpaired) electrons. The molecule has 90 valence electrons. The molecule has 0 aliphatic heterocycles. The van der Waals surface area contributed by atoms with E-state index >= 15 is 0 Å². The summed E-state index contributed by atoms with van der Waals surface area (Å²) in [4.78, 5) is 5.11. The number of rotatable bonds is 8. The first-order chi connectivity index (χ1) is 6.95. The second-order valence-electron chi connectivity index (χ2n) is 3.41. The molecule has 0 heterocycles. The first-order valence-electron chi connectivity index (χ1n) is 4.82. The van der Waals surface area contributed by atoms with E-state index < -0.39 is 21.7 Å². The Labute approximate surface area is 92.1 Å². The van der Waals surface area contributed by atoms with Crippen LogP contribution >= 0.6 is 16.1 Å². The fourth-order valence-corrected chi connectivity index (χ4v) is 2.43. The summed E-state index contributed by atoms with van der Waals surface area (Å²) in [6, 6.07) is 0. The smallest absolute Gasteiger partial charge is 0.307 e. The van der Waals surface area contributed by atoms with E-state index in [1.54, 1.807) is 0 Å². The van der Waals surface area contributed by atoms with Gasteiger partial charge in [-0.15, -0.1) is 4.67 Å². The van der Waals surface area contributed by atoms with E-state index in [1.165, 1.54) is 7.11 Å². The van der Waals surface area contributed by atoms with Crippen LogP contribution in [0.1, 0.15) is 33.6 Å². The van der Waals surface area contributed by atoms with Crippen LogP contribution < -0.4 is 0 Å². The lowest BCUT2D eigenvalue weighted by Crippen LogP contribution is -2.26. The summed E-state index contributed by atoms with van der Waals surface area (Å²) >= 11 is 0.